The van der Waals surface area contributed by atoms with E-state index in [0.29, 0.717) is 17.5 Å². The Bertz CT molecular complexity index is 529. The van der Waals surface area contributed by atoms with Gasteiger partial charge < -0.3 is 10.1 Å². The van der Waals surface area contributed by atoms with Crippen LogP contribution in [-0.4, -0.2) is 36.5 Å². The van der Waals surface area contributed by atoms with Crippen LogP contribution in [0.3, 0.4) is 0 Å². The van der Waals surface area contributed by atoms with Crippen LogP contribution in [0.1, 0.15) is 12.5 Å². The number of hydrogen-bond acceptors (Lipinski definition) is 4. The van der Waals surface area contributed by atoms with Gasteiger partial charge in [-0.15, -0.1) is 11.8 Å². The number of carbonyl (C=O) groups is 1. The summed E-state index contributed by atoms with van der Waals surface area (Å²) in [5.41, 5.74) is 6.37. The lowest BCUT2D eigenvalue weighted by Crippen LogP contribution is -2.50. The van der Waals surface area contributed by atoms with Crippen LogP contribution in [0.4, 0.5) is 0 Å². The summed E-state index contributed by atoms with van der Waals surface area (Å²) in [5.74, 6) is 0.169. The molecule has 0 bridgehead atoms. The third-order valence-corrected chi connectivity index (χ3v) is 4.49. The highest BCUT2D eigenvalue weighted by Crippen LogP contribution is 2.24. The average Bonchev–Trinajstić information content (AvgIpc) is 2.44. The number of aryl methyl sites for hydroxylation is 1. The number of amides is 1. The van der Waals surface area contributed by atoms with E-state index >= 15 is 0 Å². The first-order valence-corrected chi connectivity index (χ1v) is 8.84. The van der Waals surface area contributed by atoms with Crippen LogP contribution < -0.4 is 16.2 Å². The molecule has 0 saturated heterocycles. The Morgan fingerprint density at radius 1 is 1.45 bits per heavy atom. The zero-order chi connectivity index (χ0) is 16.5. The molecule has 0 aliphatic carbocycles. The van der Waals surface area contributed by atoms with E-state index in [1.54, 1.807) is 7.11 Å². The van der Waals surface area contributed by atoms with Crippen LogP contribution in [-0.2, 0) is 9.53 Å². The largest absolute Gasteiger partial charge is 0.383 e. The molecule has 0 aromatic heterocycles. The van der Waals surface area contributed by atoms with Gasteiger partial charge in [-0.2, -0.15) is 0 Å². The molecule has 122 valence electrons. The van der Waals surface area contributed by atoms with Crippen molar-refractivity contribution < 1.29 is 9.53 Å². The summed E-state index contributed by atoms with van der Waals surface area (Å²) in [4.78, 5) is 12.9. The molecular weight excluding hydrogens is 386 g/mol. The molecule has 0 saturated carbocycles. The first-order chi connectivity index (χ1) is 10.4. The van der Waals surface area contributed by atoms with E-state index in [4.69, 9.17) is 17.0 Å². The second kappa shape index (κ2) is 10.0. The number of benzene rings is 1. The van der Waals surface area contributed by atoms with Gasteiger partial charge in [0.25, 0.3) is 0 Å². The lowest BCUT2D eigenvalue weighted by atomic mass is 10.2. The molecule has 1 aromatic rings. The Morgan fingerprint density at radius 2 is 2.18 bits per heavy atom. The van der Waals surface area contributed by atoms with Crippen LogP contribution in [0.5, 0.6) is 0 Å². The maximum atomic E-state index is 11.8. The Morgan fingerprint density at radius 3 is 2.82 bits per heavy atom. The van der Waals surface area contributed by atoms with Crippen molar-refractivity contribution >= 4 is 50.9 Å². The quantitative estimate of drug-likeness (QED) is 0.383. The van der Waals surface area contributed by atoms with Gasteiger partial charge in [0.15, 0.2) is 5.11 Å². The molecule has 0 unspecified atom stereocenters. The number of thioether (sulfide) groups is 1. The molecule has 1 atom stereocenters. The van der Waals surface area contributed by atoms with Crippen molar-refractivity contribution in [3.63, 3.8) is 0 Å². The summed E-state index contributed by atoms with van der Waals surface area (Å²) in [6.07, 6.45) is 0. The molecule has 5 nitrogen and oxygen atoms in total. The van der Waals surface area contributed by atoms with Gasteiger partial charge in [-0.1, -0.05) is 15.9 Å². The maximum Gasteiger partial charge on any atom is 0.248 e. The van der Waals surface area contributed by atoms with E-state index in [-0.39, 0.29) is 11.9 Å². The van der Waals surface area contributed by atoms with Gasteiger partial charge in [0.2, 0.25) is 5.91 Å². The number of hydrogen-bond donors (Lipinski definition) is 3. The van der Waals surface area contributed by atoms with E-state index < -0.39 is 0 Å². The number of thiocarbonyl (C=S) groups is 1. The van der Waals surface area contributed by atoms with Crippen LogP contribution in [0, 0.1) is 6.92 Å². The molecule has 0 aliphatic rings. The predicted octanol–water partition coefficient (Wildman–Crippen LogP) is 2.38. The van der Waals surface area contributed by atoms with Gasteiger partial charge in [0.05, 0.1) is 12.4 Å². The van der Waals surface area contributed by atoms with Gasteiger partial charge >= 0.3 is 0 Å². The molecule has 0 fully saturated rings. The summed E-state index contributed by atoms with van der Waals surface area (Å²) in [6.45, 7) is 4.49. The number of carbonyl (C=O) groups excluding carboxylic acids is 1. The zero-order valence-corrected chi connectivity index (χ0v) is 16.0. The summed E-state index contributed by atoms with van der Waals surface area (Å²) in [7, 11) is 1.62. The summed E-state index contributed by atoms with van der Waals surface area (Å²) >= 11 is 9.97. The predicted molar refractivity (Wildman–Crippen MR) is 98.0 cm³/mol. The van der Waals surface area contributed by atoms with Crippen molar-refractivity contribution in [1.29, 1.82) is 0 Å². The Labute approximate surface area is 149 Å². The van der Waals surface area contributed by atoms with Crippen molar-refractivity contribution in [2.24, 2.45) is 0 Å². The monoisotopic (exact) mass is 405 g/mol. The van der Waals surface area contributed by atoms with Gasteiger partial charge in [0.1, 0.15) is 0 Å². The number of halogens is 1. The van der Waals surface area contributed by atoms with Crippen LogP contribution in [0.25, 0.3) is 0 Å². The van der Waals surface area contributed by atoms with Crippen LogP contribution in [0.15, 0.2) is 27.6 Å². The summed E-state index contributed by atoms with van der Waals surface area (Å²) in [5, 5.41) is 3.36. The standard InChI is InChI=1S/C14H20BrN3O2S2/c1-9-6-11(15)4-5-12(9)22-8-13(19)17-18-14(21)16-10(2)7-20-3/h4-6,10H,7-8H2,1-3H3,(H,17,19)(H2,16,18,21)/t10-/m1/s1. The highest BCUT2D eigenvalue weighted by Gasteiger charge is 2.07. The van der Waals surface area contributed by atoms with Crippen molar-refractivity contribution in [2.75, 3.05) is 19.5 Å². The number of nitrogens with one attached hydrogen (secondary N) is 3. The van der Waals surface area contributed by atoms with E-state index in [0.717, 1.165) is 14.9 Å². The lowest BCUT2D eigenvalue weighted by molar-refractivity contribution is -0.119. The minimum atomic E-state index is -0.143. The molecular formula is C14H20BrN3O2S2. The fourth-order valence-corrected chi connectivity index (χ4v) is 3.17. The molecule has 1 aromatic carbocycles. The van der Waals surface area contributed by atoms with Crippen molar-refractivity contribution in [1.82, 2.24) is 16.2 Å². The van der Waals surface area contributed by atoms with Crippen molar-refractivity contribution in [3.8, 4) is 0 Å². The van der Waals surface area contributed by atoms with E-state index in [1.807, 2.05) is 32.0 Å². The van der Waals surface area contributed by atoms with E-state index in [1.165, 1.54) is 11.8 Å². The minimum absolute atomic E-state index is 0.0710. The van der Waals surface area contributed by atoms with Crippen LogP contribution in [0.2, 0.25) is 0 Å². The zero-order valence-electron chi connectivity index (χ0n) is 12.7. The summed E-state index contributed by atoms with van der Waals surface area (Å²) < 4.78 is 6.02. The van der Waals surface area contributed by atoms with Gasteiger partial charge in [-0.25, -0.2) is 0 Å². The molecule has 0 spiro atoms. The molecule has 3 N–H and O–H groups in total. The number of ether oxygens (including phenoxy) is 1. The molecule has 0 heterocycles. The fourth-order valence-electron chi connectivity index (χ4n) is 1.63. The molecule has 1 rings (SSSR count). The fraction of sp³-hybridized carbons (Fsp3) is 0.429. The molecule has 1 amide bonds. The first kappa shape index (κ1) is 19.2. The molecule has 22 heavy (non-hydrogen) atoms. The third kappa shape index (κ3) is 7.44. The van der Waals surface area contributed by atoms with Gasteiger partial charge in [-0.05, 0) is 49.8 Å². The highest BCUT2D eigenvalue weighted by molar-refractivity contribution is 9.10. The highest BCUT2D eigenvalue weighted by atomic mass is 79.9. The van der Waals surface area contributed by atoms with Crippen molar-refractivity contribution in [2.45, 2.75) is 24.8 Å². The topological polar surface area (TPSA) is 62.4 Å². The Balaban J connectivity index is 2.30. The minimum Gasteiger partial charge on any atom is -0.383 e. The second-order valence-corrected chi connectivity index (χ2v) is 7.04. The average molecular weight is 406 g/mol. The second-order valence-electron chi connectivity index (χ2n) is 4.70. The van der Waals surface area contributed by atoms with Gasteiger partial charge in [-0.3, -0.25) is 15.6 Å². The molecule has 8 heteroatoms. The smallest absolute Gasteiger partial charge is 0.248 e. The number of methoxy groups -OCH3 is 1. The van der Waals surface area contributed by atoms with Crippen molar-refractivity contribution in [3.05, 3.63) is 28.2 Å². The maximum absolute atomic E-state index is 11.8. The van der Waals surface area contributed by atoms with Gasteiger partial charge in [0, 0.05) is 22.5 Å². The molecule has 0 aliphatic heterocycles. The third-order valence-electron chi connectivity index (χ3n) is 2.61. The van der Waals surface area contributed by atoms with E-state index in [9.17, 15) is 4.79 Å². The first-order valence-electron chi connectivity index (χ1n) is 6.65. The number of rotatable bonds is 6. The normalized spacial score (nSPS) is 11.6. The SMILES string of the molecule is COC[C@@H](C)NC(=S)NNC(=O)CSc1ccc(Br)cc1C. The Hall–Kier alpha value is -0.830. The summed E-state index contributed by atoms with van der Waals surface area (Å²) in [6, 6.07) is 6.04. The molecule has 0 radical (unpaired) electrons. The Kier molecular flexibility index (Phi) is 8.77. The number of hydrazine groups is 1. The van der Waals surface area contributed by atoms with Crippen LogP contribution >= 0.6 is 39.9 Å². The van der Waals surface area contributed by atoms with E-state index in [2.05, 4.69) is 32.1 Å². The lowest BCUT2D eigenvalue weighted by Gasteiger charge is -2.16.